The predicted molar refractivity (Wildman–Crippen MR) is 91.8 cm³/mol. The van der Waals surface area contributed by atoms with Gasteiger partial charge in [-0.3, -0.25) is 4.72 Å². The zero-order valence-electron chi connectivity index (χ0n) is 12.1. The van der Waals surface area contributed by atoms with Gasteiger partial charge in [0.25, 0.3) is 10.0 Å². The van der Waals surface area contributed by atoms with Crippen LogP contribution in [0.25, 0.3) is 0 Å². The lowest BCUT2D eigenvalue weighted by Crippen LogP contribution is -2.14. The Morgan fingerprint density at radius 3 is 1.96 bits per heavy atom. The monoisotopic (exact) mass is 395 g/mol. The van der Waals surface area contributed by atoms with Crippen molar-refractivity contribution < 1.29 is 17.9 Å². The fraction of sp³-hybridized carbons (Fsp3) is 0.143. The second kappa shape index (κ2) is 7.05. The van der Waals surface area contributed by atoms with Gasteiger partial charge >= 0.3 is 0 Å². The summed E-state index contributed by atoms with van der Waals surface area (Å²) >= 11 is 17.7. The largest absolute Gasteiger partial charge is 0.495 e. The highest BCUT2D eigenvalue weighted by atomic mass is 35.5. The van der Waals surface area contributed by atoms with E-state index in [1.807, 2.05) is 0 Å². The number of hydrogen-bond donors (Lipinski definition) is 1. The zero-order valence-corrected chi connectivity index (χ0v) is 15.1. The second-order valence-electron chi connectivity index (χ2n) is 4.40. The van der Waals surface area contributed by atoms with Crippen molar-refractivity contribution in [3.8, 4) is 11.5 Å². The van der Waals surface area contributed by atoms with Gasteiger partial charge in [0, 0.05) is 22.2 Å². The molecule has 0 amide bonds. The Morgan fingerprint density at radius 1 is 0.870 bits per heavy atom. The first-order valence-electron chi connectivity index (χ1n) is 6.17. The normalized spacial score (nSPS) is 11.2. The first-order valence-corrected chi connectivity index (χ1v) is 8.79. The van der Waals surface area contributed by atoms with Crippen LogP contribution in [0.2, 0.25) is 15.1 Å². The maximum absolute atomic E-state index is 12.5. The molecule has 124 valence electrons. The molecule has 1 N–H and O–H groups in total. The number of anilines is 1. The maximum atomic E-state index is 12.5. The minimum atomic E-state index is -3.93. The number of sulfonamides is 1. The van der Waals surface area contributed by atoms with Gasteiger partial charge in [-0.25, -0.2) is 8.42 Å². The van der Waals surface area contributed by atoms with Crippen LogP contribution in [0.15, 0.2) is 35.2 Å². The molecular formula is C14H12Cl3NO4S. The maximum Gasteiger partial charge on any atom is 0.262 e. The number of ether oxygens (including phenoxy) is 2. The second-order valence-corrected chi connectivity index (χ2v) is 7.36. The average Bonchev–Trinajstić information content (AvgIpc) is 2.47. The van der Waals surface area contributed by atoms with Gasteiger partial charge in [0.15, 0.2) is 0 Å². The molecule has 2 rings (SSSR count). The van der Waals surface area contributed by atoms with Crippen molar-refractivity contribution in [3.63, 3.8) is 0 Å². The summed E-state index contributed by atoms with van der Waals surface area (Å²) in [4.78, 5) is -0.0778. The summed E-state index contributed by atoms with van der Waals surface area (Å²) in [6.45, 7) is 0. The smallest absolute Gasteiger partial charge is 0.262 e. The van der Waals surface area contributed by atoms with Crippen LogP contribution in [0.1, 0.15) is 0 Å². The molecular weight excluding hydrogens is 385 g/mol. The Kier molecular flexibility index (Phi) is 5.52. The van der Waals surface area contributed by atoms with E-state index in [1.165, 1.54) is 44.6 Å². The Balaban J connectivity index is 2.48. The van der Waals surface area contributed by atoms with Gasteiger partial charge in [0.2, 0.25) is 0 Å². The molecule has 0 aliphatic rings. The van der Waals surface area contributed by atoms with E-state index in [2.05, 4.69) is 4.72 Å². The lowest BCUT2D eigenvalue weighted by Gasteiger charge is -2.14. The van der Waals surface area contributed by atoms with Crippen molar-refractivity contribution in [2.24, 2.45) is 0 Å². The van der Waals surface area contributed by atoms with Crippen molar-refractivity contribution in [1.29, 1.82) is 0 Å². The highest BCUT2D eigenvalue weighted by Gasteiger charge is 2.19. The molecule has 0 spiro atoms. The third kappa shape index (κ3) is 4.14. The molecule has 23 heavy (non-hydrogen) atoms. The highest BCUT2D eigenvalue weighted by Crippen LogP contribution is 2.37. The molecule has 2 aromatic carbocycles. The SMILES string of the molecule is COc1cc(NS(=O)(=O)c2cc(Cl)cc(Cl)c2)c(OC)cc1Cl. The van der Waals surface area contributed by atoms with Crippen LogP contribution < -0.4 is 14.2 Å². The van der Waals surface area contributed by atoms with Gasteiger partial charge in [0.05, 0.1) is 29.8 Å². The van der Waals surface area contributed by atoms with Gasteiger partial charge in [-0.05, 0) is 18.2 Å². The lowest BCUT2D eigenvalue weighted by atomic mass is 10.3. The van der Waals surface area contributed by atoms with Crippen molar-refractivity contribution in [1.82, 2.24) is 0 Å². The van der Waals surface area contributed by atoms with E-state index in [4.69, 9.17) is 44.3 Å². The summed E-state index contributed by atoms with van der Waals surface area (Å²) in [7, 11) is -1.11. The summed E-state index contributed by atoms with van der Waals surface area (Å²) in [6, 6.07) is 6.88. The summed E-state index contributed by atoms with van der Waals surface area (Å²) in [5, 5.41) is 0.704. The quantitative estimate of drug-likeness (QED) is 0.810. The Hall–Kier alpha value is -1.34. The van der Waals surface area contributed by atoms with Crippen molar-refractivity contribution in [2.45, 2.75) is 4.90 Å². The Morgan fingerprint density at radius 2 is 1.43 bits per heavy atom. The first kappa shape index (κ1) is 18.0. The molecule has 2 aromatic rings. The highest BCUT2D eigenvalue weighted by molar-refractivity contribution is 7.92. The molecule has 0 aliphatic heterocycles. The lowest BCUT2D eigenvalue weighted by molar-refractivity contribution is 0.405. The fourth-order valence-electron chi connectivity index (χ4n) is 1.83. The molecule has 0 atom stereocenters. The average molecular weight is 397 g/mol. The van der Waals surface area contributed by atoms with Crippen molar-refractivity contribution in [2.75, 3.05) is 18.9 Å². The summed E-state index contributed by atoms with van der Waals surface area (Å²) in [5.41, 5.74) is 0.171. The molecule has 0 fully saturated rings. The van der Waals surface area contributed by atoms with E-state index in [9.17, 15) is 8.42 Å². The number of hydrogen-bond acceptors (Lipinski definition) is 4. The standard InChI is InChI=1S/C14H12Cl3NO4S/c1-21-13-7-12(14(22-2)6-11(13)17)18-23(19,20)10-4-8(15)3-9(16)5-10/h3-7,18H,1-2H3. The van der Waals surface area contributed by atoms with Crippen LogP contribution in [0, 0.1) is 0 Å². The van der Waals surface area contributed by atoms with Crippen molar-refractivity contribution in [3.05, 3.63) is 45.4 Å². The van der Waals surface area contributed by atoms with Gasteiger partial charge in [0.1, 0.15) is 11.5 Å². The van der Waals surface area contributed by atoms with Gasteiger partial charge in [-0.1, -0.05) is 34.8 Å². The van der Waals surface area contributed by atoms with Crippen molar-refractivity contribution >= 4 is 50.5 Å². The topological polar surface area (TPSA) is 64.6 Å². The molecule has 9 heteroatoms. The van der Waals surface area contributed by atoms with Crippen LogP contribution >= 0.6 is 34.8 Å². The van der Waals surface area contributed by atoms with Crippen LogP contribution in [-0.4, -0.2) is 22.6 Å². The Labute approximate surface area is 149 Å². The minimum absolute atomic E-state index is 0.0778. The molecule has 0 bridgehead atoms. The first-order chi connectivity index (χ1) is 10.8. The third-order valence-electron chi connectivity index (χ3n) is 2.86. The van der Waals surface area contributed by atoms with Gasteiger partial charge in [-0.15, -0.1) is 0 Å². The van der Waals surface area contributed by atoms with E-state index >= 15 is 0 Å². The summed E-state index contributed by atoms with van der Waals surface area (Å²) in [5.74, 6) is 0.543. The Bertz CT molecular complexity index is 820. The molecule has 5 nitrogen and oxygen atoms in total. The predicted octanol–water partition coefficient (Wildman–Crippen LogP) is 4.46. The number of methoxy groups -OCH3 is 2. The summed E-state index contributed by atoms with van der Waals surface area (Å²) in [6.07, 6.45) is 0. The molecule has 0 radical (unpaired) electrons. The number of rotatable bonds is 5. The molecule has 0 saturated heterocycles. The third-order valence-corrected chi connectivity index (χ3v) is 4.94. The fourth-order valence-corrected chi connectivity index (χ4v) is 3.84. The van der Waals surface area contributed by atoms with Crippen LogP contribution in [-0.2, 0) is 10.0 Å². The molecule has 0 saturated carbocycles. The van der Waals surface area contributed by atoms with E-state index in [0.717, 1.165) is 0 Å². The van der Waals surface area contributed by atoms with E-state index < -0.39 is 10.0 Å². The van der Waals surface area contributed by atoms with E-state index in [1.54, 1.807) is 0 Å². The molecule has 0 heterocycles. The number of nitrogens with one attached hydrogen (secondary N) is 1. The molecule has 0 unspecified atom stereocenters. The van der Waals surface area contributed by atoms with Gasteiger partial charge in [-0.2, -0.15) is 0 Å². The number of halogens is 3. The minimum Gasteiger partial charge on any atom is -0.495 e. The van der Waals surface area contributed by atoms with Crippen LogP contribution in [0.3, 0.4) is 0 Å². The zero-order chi connectivity index (χ0) is 17.2. The molecule has 0 aliphatic carbocycles. The van der Waals surface area contributed by atoms with E-state index in [0.29, 0.717) is 5.75 Å². The van der Waals surface area contributed by atoms with Gasteiger partial charge < -0.3 is 9.47 Å². The number of benzene rings is 2. The summed E-state index contributed by atoms with van der Waals surface area (Å²) < 4.78 is 37.6. The molecule has 0 aromatic heterocycles. The van der Waals surface area contributed by atoms with E-state index in [-0.39, 0.29) is 31.4 Å². The van der Waals surface area contributed by atoms with Crippen LogP contribution in [0.5, 0.6) is 11.5 Å². The van der Waals surface area contributed by atoms with Crippen LogP contribution in [0.4, 0.5) is 5.69 Å².